The molecule has 146 valence electrons. The fourth-order valence-corrected chi connectivity index (χ4v) is 7.69. The number of nitrogens with one attached hydrogen (secondary N) is 1. The van der Waals surface area contributed by atoms with Crippen LogP contribution in [0.4, 0.5) is 0 Å². The van der Waals surface area contributed by atoms with Crippen molar-refractivity contribution in [2.45, 2.75) is 26.3 Å². The second-order valence-corrected chi connectivity index (χ2v) is 12.1. The summed E-state index contributed by atoms with van der Waals surface area (Å²) in [6, 6.07) is 25.6. The van der Waals surface area contributed by atoms with Crippen molar-refractivity contribution in [2.75, 3.05) is 0 Å². The van der Waals surface area contributed by atoms with E-state index in [9.17, 15) is 0 Å². The third-order valence-corrected chi connectivity index (χ3v) is 8.69. The number of fused-ring (bicyclic) bond motifs is 7. The van der Waals surface area contributed by atoms with Crippen LogP contribution in [0.25, 0.3) is 32.7 Å². The summed E-state index contributed by atoms with van der Waals surface area (Å²) in [7, 11) is 0. The van der Waals surface area contributed by atoms with Gasteiger partial charge in [0.2, 0.25) is 0 Å². The van der Waals surface area contributed by atoms with Gasteiger partial charge in [-0.25, -0.2) is 0 Å². The standard InChI is InChI=1S/C24H22NO2PSe/c1-3-16(2)25-28(29)26-21-14-12-17-8-4-6-10-19(17)23(21)24-20-11-7-5-9-18(20)13-15-22(24)27-28/h4-16H,3H2,1-2H3,(H,25,29). The molecule has 0 bridgehead atoms. The maximum absolute atomic E-state index is 6.58. The molecule has 1 aliphatic heterocycles. The van der Waals surface area contributed by atoms with Gasteiger partial charge >= 0.3 is 179 Å². The number of rotatable bonds is 3. The number of benzene rings is 4. The Labute approximate surface area is 178 Å². The van der Waals surface area contributed by atoms with E-state index >= 15 is 0 Å². The van der Waals surface area contributed by atoms with Gasteiger partial charge in [0.05, 0.1) is 0 Å². The summed E-state index contributed by atoms with van der Waals surface area (Å²) in [4.78, 5) is 0. The van der Waals surface area contributed by atoms with E-state index in [1.807, 2.05) is 0 Å². The zero-order chi connectivity index (χ0) is 20.0. The van der Waals surface area contributed by atoms with Crippen LogP contribution in [-0.2, 0) is 0 Å². The molecule has 0 fully saturated rings. The molecule has 29 heavy (non-hydrogen) atoms. The summed E-state index contributed by atoms with van der Waals surface area (Å²) in [5.74, 6) is 1.70. The van der Waals surface area contributed by atoms with Gasteiger partial charge in [-0.15, -0.1) is 0 Å². The molecule has 1 aliphatic rings. The zero-order valence-electron chi connectivity index (χ0n) is 16.4. The van der Waals surface area contributed by atoms with Crippen molar-refractivity contribution in [1.29, 1.82) is 0 Å². The van der Waals surface area contributed by atoms with Crippen LogP contribution in [0.2, 0.25) is 0 Å². The van der Waals surface area contributed by atoms with Gasteiger partial charge in [-0.05, 0) is 0 Å². The van der Waals surface area contributed by atoms with Gasteiger partial charge in [-0.3, -0.25) is 0 Å². The molecule has 5 rings (SSSR count). The molecule has 0 spiro atoms. The second kappa shape index (κ2) is 7.31. The Morgan fingerprint density at radius 2 is 1.28 bits per heavy atom. The van der Waals surface area contributed by atoms with Gasteiger partial charge in [-0.1, -0.05) is 0 Å². The topological polar surface area (TPSA) is 30.5 Å². The normalized spacial score (nSPS) is 15.7. The Morgan fingerprint density at radius 3 is 1.76 bits per heavy atom. The van der Waals surface area contributed by atoms with E-state index in [-0.39, 0.29) is 6.04 Å². The van der Waals surface area contributed by atoms with E-state index in [0.717, 1.165) is 29.0 Å². The summed E-state index contributed by atoms with van der Waals surface area (Å²) < 4.78 is 13.2. The summed E-state index contributed by atoms with van der Waals surface area (Å²) in [5, 5.41) is 8.29. The van der Waals surface area contributed by atoms with Crippen LogP contribution in [0.15, 0.2) is 72.8 Å². The van der Waals surface area contributed by atoms with E-state index in [1.165, 1.54) is 21.5 Å². The quantitative estimate of drug-likeness (QED) is 0.270. The first-order valence-corrected chi connectivity index (χ1v) is 13.7. The van der Waals surface area contributed by atoms with Crippen molar-refractivity contribution in [2.24, 2.45) is 0 Å². The van der Waals surface area contributed by atoms with E-state index in [2.05, 4.69) is 107 Å². The molecule has 3 nitrogen and oxygen atoms in total. The number of hydrogen-bond acceptors (Lipinski definition) is 3. The van der Waals surface area contributed by atoms with E-state index in [4.69, 9.17) is 9.05 Å². The third-order valence-electron chi connectivity index (χ3n) is 5.46. The van der Waals surface area contributed by atoms with Crippen molar-refractivity contribution in [3.8, 4) is 22.6 Å². The molecule has 1 atom stereocenters. The molecular weight excluding hydrogens is 444 g/mol. The first-order valence-electron chi connectivity index (χ1n) is 9.89. The Bertz CT molecular complexity index is 1200. The van der Waals surface area contributed by atoms with Crippen LogP contribution in [-0.4, -0.2) is 21.1 Å². The molecule has 0 radical (unpaired) electrons. The molecule has 0 saturated carbocycles. The molecule has 0 amide bonds. The maximum atomic E-state index is 6.58. The molecule has 1 N–H and O–H groups in total. The minimum absolute atomic E-state index is 0.274. The Kier molecular flexibility index (Phi) is 4.76. The molecular formula is C24H22NO2PSe. The number of hydrogen-bond donors (Lipinski definition) is 1. The van der Waals surface area contributed by atoms with Crippen molar-refractivity contribution in [3.05, 3.63) is 72.8 Å². The second-order valence-electron chi connectivity index (χ2n) is 7.44. The first kappa shape index (κ1) is 18.9. The van der Waals surface area contributed by atoms with E-state index in [1.54, 1.807) is 0 Å². The van der Waals surface area contributed by atoms with Crippen LogP contribution in [0.1, 0.15) is 20.3 Å². The molecule has 0 aliphatic carbocycles. The van der Waals surface area contributed by atoms with Crippen molar-refractivity contribution in [1.82, 2.24) is 5.09 Å². The Morgan fingerprint density at radius 1 is 0.793 bits per heavy atom. The average molecular weight is 466 g/mol. The predicted molar refractivity (Wildman–Crippen MR) is 124 cm³/mol. The summed E-state index contributed by atoms with van der Waals surface area (Å²) in [6.45, 7) is 4.31. The fraction of sp³-hybridized carbons (Fsp3) is 0.167. The van der Waals surface area contributed by atoms with Gasteiger partial charge < -0.3 is 0 Å². The van der Waals surface area contributed by atoms with Crippen molar-refractivity contribution < 1.29 is 9.05 Å². The van der Waals surface area contributed by atoms with E-state index in [0.29, 0.717) is 0 Å². The van der Waals surface area contributed by atoms with Gasteiger partial charge in [0, 0.05) is 0 Å². The fourth-order valence-electron chi connectivity index (χ4n) is 3.86. The van der Waals surface area contributed by atoms with Gasteiger partial charge in [0.25, 0.3) is 0 Å². The Balaban J connectivity index is 1.87. The SMILES string of the molecule is CCC(C)NP1(=[Se])Oc2ccc3ccccc3c2-c2c(ccc3ccccc23)O1. The predicted octanol–water partition coefficient (Wildman–Crippen LogP) is 6.67. The summed E-state index contributed by atoms with van der Waals surface area (Å²) in [5.41, 5.74) is 2.19. The van der Waals surface area contributed by atoms with Gasteiger partial charge in [-0.2, -0.15) is 0 Å². The van der Waals surface area contributed by atoms with Crippen LogP contribution in [0.5, 0.6) is 11.5 Å². The van der Waals surface area contributed by atoms with Crippen LogP contribution >= 0.6 is 6.11 Å². The van der Waals surface area contributed by atoms with E-state index < -0.39 is 6.11 Å². The van der Waals surface area contributed by atoms with Crippen molar-refractivity contribution in [3.63, 3.8) is 0 Å². The zero-order valence-corrected chi connectivity index (χ0v) is 19.0. The molecule has 1 unspecified atom stereocenters. The first-order chi connectivity index (χ1) is 14.1. The molecule has 0 aromatic heterocycles. The Hall–Kier alpha value is -2.09. The molecule has 4 aromatic carbocycles. The minimum atomic E-state index is -2.48. The van der Waals surface area contributed by atoms with Gasteiger partial charge in [0.1, 0.15) is 0 Å². The van der Waals surface area contributed by atoms with Crippen LogP contribution < -0.4 is 14.1 Å². The molecule has 5 heteroatoms. The monoisotopic (exact) mass is 467 g/mol. The molecule has 0 saturated heterocycles. The molecule has 4 aromatic rings. The average Bonchev–Trinajstić information content (AvgIpc) is 2.86. The van der Waals surface area contributed by atoms with Crippen molar-refractivity contribution >= 4 is 42.8 Å². The van der Waals surface area contributed by atoms with Gasteiger partial charge in [0.15, 0.2) is 0 Å². The summed E-state index contributed by atoms with van der Waals surface area (Å²) >= 11 is 3.23. The van der Waals surface area contributed by atoms with Crippen LogP contribution in [0.3, 0.4) is 0 Å². The summed E-state index contributed by atoms with van der Waals surface area (Å²) in [6.07, 6.45) is -1.48. The van der Waals surface area contributed by atoms with Crippen LogP contribution in [0, 0.1) is 0 Å². The third kappa shape index (κ3) is 3.31. The molecule has 1 heterocycles.